The molecule has 0 saturated heterocycles. The summed E-state index contributed by atoms with van der Waals surface area (Å²) in [6, 6.07) is 12.1. The molecule has 0 saturated carbocycles. The number of hydrogen-bond acceptors (Lipinski definition) is 1. The van der Waals surface area contributed by atoms with E-state index in [1.54, 1.807) is 6.08 Å². The number of nitriles is 1. The van der Waals surface area contributed by atoms with E-state index in [2.05, 4.69) is 18.7 Å². The van der Waals surface area contributed by atoms with Gasteiger partial charge in [-0.3, -0.25) is 0 Å². The van der Waals surface area contributed by atoms with Crippen molar-refractivity contribution < 1.29 is 0 Å². The summed E-state index contributed by atoms with van der Waals surface area (Å²) < 4.78 is 0. The molecule has 0 atom stereocenters. The van der Waals surface area contributed by atoms with Gasteiger partial charge < -0.3 is 0 Å². The zero-order chi connectivity index (χ0) is 9.52. The SMILES string of the molecule is C=C(C#N)C=CCc1ccccc1. The summed E-state index contributed by atoms with van der Waals surface area (Å²) in [4.78, 5) is 0. The topological polar surface area (TPSA) is 23.8 Å². The van der Waals surface area contributed by atoms with Crippen molar-refractivity contribution in [1.29, 1.82) is 5.26 Å². The molecule has 0 amide bonds. The lowest BCUT2D eigenvalue weighted by molar-refractivity contribution is 1.27. The monoisotopic (exact) mass is 169 g/mol. The van der Waals surface area contributed by atoms with E-state index in [1.165, 1.54) is 5.56 Å². The van der Waals surface area contributed by atoms with Crippen molar-refractivity contribution >= 4 is 0 Å². The molecule has 0 bridgehead atoms. The first kappa shape index (κ1) is 9.28. The summed E-state index contributed by atoms with van der Waals surface area (Å²) >= 11 is 0. The summed E-state index contributed by atoms with van der Waals surface area (Å²) in [5, 5.41) is 8.43. The van der Waals surface area contributed by atoms with Gasteiger partial charge in [0.05, 0.1) is 6.07 Å². The van der Waals surface area contributed by atoms with E-state index >= 15 is 0 Å². The second-order valence-electron chi connectivity index (χ2n) is 2.73. The third-order valence-electron chi connectivity index (χ3n) is 1.66. The number of rotatable bonds is 3. The van der Waals surface area contributed by atoms with Crippen LogP contribution in [0, 0.1) is 11.3 Å². The minimum absolute atomic E-state index is 0.496. The fourth-order valence-electron chi connectivity index (χ4n) is 0.989. The maximum absolute atomic E-state index is 8.43. The molecule has 64 valence electrons. The lowest BCUT2D eigenvalue weighted by Gasteiger charge is -1.93. The first-order valence-electron chi connectivity index (χ1n) is 4.12. The number of allylic oxidation sites excluding steroid dienone is 3. The van der Waals surface area contributed by atoms with Gasteiger partial charge in [0.1, 0.15) is 0 Å². The molecule has 0 aliphatic rings. The van der Waals surface area contributed by atoms with Crippen LogP contribution in [0.2, 0.25) is 0 Å². The number of nitrogens with zero attached hydrogens (tertiary/aromatic N) is 1. The first-order valence-corrected chi connectivity index (χ1v) is 4.12. The van der Waals surface area contributed by atoms with Gasteiger partial charge in [-0.2, -0.15) is 5.26 Å². The van der Waals surface area contributed by atoms with Crippen LogP contribution in [0.4, 0.5) is 0 Å². The number of hydrogen-bond donors (Lipinski definition) is 0. The van der Waals surface area contributed by atoms with Gasteiger partial charge in [0.25, 0.3) is 0 Å². The minimum atomic E-state index is 0.496. The molecule has 1 nitrogen and oxygen atoms in total. The van der Waals surface area contributed by atoms with Crippen molar-refractivity contribution in [2.24, 2.45) is 0 Å². The Morgan fingerprint density at radius 1 is 1.38 bits per heavy atom. The van der Waals surface area contributed by atoms with E-state index in [4.69, 9.17) is 5.26 Å². The van der Waals surface area contributed by atoms with E-state index in [9.17, 15) is 0 Å². The summed E-state index contributed by atoms with van der Waals surface area (Å²) in [5.41, 5.74) is 1.74. The predicted octanol–water partition coefficient (Wildman–Crippen LogP) is 2.87. The molecule has 1 aromatic rings. The van der Waals surface area contributed by atoms with Crippen molar-refractivity contribution in [3.8, 4) is 6.07 Å². The molecule has 0 aliphatic heterocycles. The third kappa shape index (κ3) is 3.39. The molecule has 1 rings (SSSR count). The van der Waals surface area contributed by atoms with Crippen LogP contribution in [0.25, 0.3) is 0 Å². The van der Waals surface area contributed by atoms with Crippen LogP contribution in [-0.2, 0) is 6.42 Å². The van der Waals surface area contributed by atoms with Gasteiger partial charge in [0.15, 0.2) is 0 Å². The van der Waals surface area contributed by atoms with Gasteiger partial charge in [-0.05, 0) is 18.1 Å². The lowest BCUT2D eigenvalue weighted by atomic mass is 10.1. The summed E-state index contributed by atoms with van der Waals surface area (Å²) in [5.74, 6) is 0. The van der Waals surface area contributed by atoms with Crippen molar-refractivity contribution in [3.63, 3.8) is 0 Å². The molecular formula is C12H11N. The van der Waals surface area contributed by atoms with Gasteiger partial charge in [-0.15, -0.1) is 0 Å². The van der Waals surface area contributed by atoms with Crippen LogP contribution in [0.5, 0.6) is 0 Å². The van der Waals surface area contributed by atoms with Crippen LogP contribution in [0.3, 0.4) is 0 Å². The maximum Gasteiger partial charge on any atom is 0.0985 e. The zero-order valence-electron chi connectivity index (χ0n) is 7.40. The molecule has 1 aromatic carbocycles. The van der Waals surface area contributed by atoms with Gasteiger partial charge in [-0.25, -0.2) is 0 Å². The smallest absolute Gasteiger partial charge is 0.0985 e. The summed E-state index contributed by atoms with van der Waals surface area (Å²) in [6.07, 6.45) is 4.54. The molecular weight excluding hydrogens is 158 g/mol. The number of benzene rings is 1. The highest BCUT2D eigenvalue weighted by atomic mass is 14.2. The molecule has 0 radical (unpaired) electrons. The van der Waals surface area contributed by atoms with Gasteiger partial charge in [-0.1, -0.05) is 43.0 Å². The molecule has 0 aromatic heterocycles. The first-order chi connectivity index (χ1) is 6.33. The Morgan fingerprint density at radius 3 is 2.69 bits per heavy atom. The van der Waals surface area contributed by atoms with E-state index in [1.807, 2.05) is 30.3 Å². The molecule has 0 aliphatic carbocycles. The summed E-state index contributed by atoms with van der Waals surface area (Å²) in [7, 11) is 0. The Bertz CT molecular complexity index is 341. The quantitative estimate of drug-likeness (QED) is 0.504. The van der Waals surface area contributed by atoms with Gasteiger partial charge >= 0.3 is 0 Å². The molecule has 0 unspecified atom stereocenters. The van der Waals surface area contributed by atoms with Crippen LogP contribution >= 0.6 is 0 Å². The molecule has 1 heteroatoms. The molecule has 0 spiro atoms. The standard InChI is InChI=1S/C12H11N/c1-11(10-13)6-5-9-12-7-3-2-4-8-12/h2-8H,1,9H2. The fraction of sp³-hybridized carbons (Fsp3) is 0.0833. The van der Waals surface area contributed by atoms with Crippen LogP contribution < -0.4 is 0 Å². The highest BCUT2D eigenvalue weighted by Gasteiger charge is 1.86. The Labute approximate surface area is 78.6 Å². The molecule has 13 heavy (non-hydrogen) atoms. The van der Waals surface area contributed by atoms with Crippen LogP contribution in [-0.4, -0.2) is 0 Å². The second kappa shape index (κ2) is 4.95. The predicted molar refractivity (Wildman–Crippen MR) is 54.0 cm³/mol. The average Bonchev–Trinajstić information content (AvgIpc) is 2.19. The Kier molecular flexibility index (Phi) is 3.53. The minimum Gasteiger partial charge on any atom is -0.192 e. The fourth-order valence-corrected chi connectivity index (χ4v) is 0.989. The van der Waals surface area contributed by atoms with Crippen molar-refractivity contribution in [3.05, 3.63) is 60.2 Å². The van der Waals surface area contributed by atoms with E-state index in [0.717, 1.165) is 6.42 Å². The van der Waals surface area contributed by atoms with E-state index < -0.39 is 0 Å². The Morgan fingerprint density at radius 2 is 2.08 bits per heavy atom. The molecule has 0 N–H and O–H groups in total. The molecule has 0 fully saturated rings. The maximum atomic E-state index is 8.43. The Hall–Kier alpha value is -1.81. The second-order valence-corrected chi connectivity index (χ2v) is 2.73. The van der Waals surface area contributed by atoms with Crippen molar-refractivity contribution in [2.75, 3.05) is 0 Å². The normalized spacial score (nSPS) is 9.77. The largest absolute Gasteiger partial charge is 0.192 e. The van der Waals surface area contributed by atoms with E-state index in [0.29, 0.717) is 5.57 Å². The average molecular weight is 169 g/mol. The van der Waals surface area contributed by atoms with Gasteiger partial charge in [0, 0.05) is 5.57 Å². The van der Waals surface area contributed by atoms with E-state index in [-0.39, 0.29) is 0 Å². The van der Waals surface area contributed by atoms with Crippen molar-refractivity contribution in [2.45, 2.75) is 6.42 Å². The lowest BCUT2D eigenvalue weighted by Crippen LogP contribution is -1.78. The Balaban J connectivity index is 2.49. The highest BCUT2D eigenvalue weighted by Crippen LogP contribution is 2.01. The van der Waals surface area contributed by atoms with Gasteiger partial charge in [0.2, 0.25) is 0 Å². The summed E-state index contributed by atoms with van der Waals surface area (Å²) in [6.45, 7) is 3.56. The molecule has 0 heterocycles. The van der Waals surface area contributed by atoms with Crippen LogP contribution in [0.1, 0.15) is 5.56 Å². The highest BCUT2D eigenvalue weighted by molar-refractivity contribution is 5.30. The zero-order valence-corrected chi connectivity index (χ0v) is 7.40. The van der Waals surface area contributed by atoms with Crippen LogP contribution in [0.15, 0.2) is 54.6 Å². The third-order valence-corrected chi connectivity index (χ3v) is 1.66. The van der Waals surface area contributed by atoms with Crippen molar-refractivity contribution in [1.82, 2.24) is 0 Å².